The van der Waals surface area contributed by atoms with Gasteiger partial charge >= 0.3 is 0 Å². The van der Waals surface area contributed by atoms with Crippen LogP contribution < -0.4 is 0 Å². The van der Waals surface area contributed by atoms with E-state index in [1.807, 2.05) is 30.3 Å². The van der Waals surface area contributed by atoms with Crippen LogP contribution in [0.5, 0.6) is 0 Å². The van der Waals surface area contributed by atoms with Crippen LogP contribution in [0.2, 0.25) is 0 Å². The van der Waals surface area contributed by atoms with Gasteiger partial charge in [0.1, 0.15) is 5.82 Å². The molecule has 1 nitrogen and oxygen atoms in total. The van der Waals surface area contributed by atoms with Crippen LogP contribution in [-0.2, 0) is 5.41 Å². The lowest BCUT2D eigenvalue weighted by atomic mass is 9.73. The highest BCUT2D eigenvalue weighted by molar-refractivity contribution is 6.04. The van der Waals surface area contributed by atoms with Crippen LogP contribution in [0.1, 0.15) is 41.6 Å². The molecule has 0 radical (unpaired) electrons. The average Bonchev–Trinajstić information content (AvgIpc) is 2.98. The molecule has 102 valence electrons. The minimum Gasteiger partial charge on any atom is -0.293 e. The van der Waals surface area contributed by atoms with Crippen molar-refractivity contribution in [2.45, 2.75) is 31.1 Å². The molecule has 0 N–H and O–H groups in total. The normalized spacial score (nSPS) is 17.1. The van der Waals surface area contributed by atoms with E-state index in [0.717, 1.165) is 31.2 Å². The molecule has 1 aliphatic carbocycles. The molecule has 0 amide bonds. The lowest BCUT2D eigenvalue weighted by molar-refractivity contribution is 0.0885. The minimum absolute atomic E-state index is 0.0562. The van der Waals surface area contributed by atoms with Crippen LogP contribution in [0.4, 0.5) is 4.39 Å². The van der Waals surface area contributed by atoms with Crippen molar-refractivity contribution in [3.05, 3.63) is 71.5 Å². The zero-order valence-corrected chi connectivity index (χ0v) is 11.3. The number of hydrogen-bond donors (Lipinski definition) is 0. The van der Waals surface area contributed by atoms with Crippen LogP contribution >= 0.6 is 0 Å². The Bertz CT molecular complexity index is 612. The number of Topliss-reactive ketones (excluding diaryl/α,β-unsaturated/α-hetero) is 1. The summed E-state index contributed by atoms with van der Waals surface area (Å²) in [5, 5.41) is 0. The van der Waals surface area contributed by atoms with Crippen molar-refractivity contribution >= 4 is 5.78 Å². The summed E-state index contributed by atoms with van der Waals surface area (Å²) in [6, 6.07) is 16.0. The quantitative estimate of drug-likeness (QED) is 0.748. The molecule has 0 unspecified atom stereocenters. The maximum absolute atomic E-state index is 13.4. The summed E-state index contributed by atoms with van der Waals surface area (Å²) in [4.78, 5) is 13.0. The third-order valence-corrected chi connectivity index (χ3v) is 4.30. The average molecular weight is 268 g/mol. The number of carbonyl (C=O) groups is 1. The molecular formula is C18H17FO. The fourth-order valence-corrected chi connectivity index (χ4v) is 3.29. The van der Waals surface area contributed by atoms with Crippen LogP contribution in [-0.4, -0.2) is 5.78 Å². The Labute approximate surface area is 118 Å². The zero-order valence-electron chi connectivity index (χ0n) is 11.3. The summed E-state index contributed by atoms with van der Waals surface area (Å²) in [6.45, 7) is 0. The summed E-state index contributed by atoms with van der Waals surface area (Å²) in [5.41, 5.74) is 1.08. The van der Waals surface area contributed by atoms with Crippen molar-refractivity contribution in [2.24, 2.45) is 0 Å². The van der Waals surface area contributed by atoms with Crippen LogP contribution in [0.25, 0.3) is 0 Å². The van der Waals surface area contributed by atoms with Crippen molar-refractivity contribution < 1.29 is 9.18 Å². The standard InChI is InChI=1S/C18H17FO/c19-16-10-6-7-14(13-16)17(20)18(11-4-5-12-18)15-8-2-1-3-9-15/h1-3,6-10,13H,4-5,11-12H2. The first kappa shape index (κ1) is 13.0. The fraction of sp³-hybridized carbons (Fsp3) is 0.278. The summed E-state index contributed by atoms with van der Waals surface area (Å²) in [6.07, 6.45) is 3.81. The lowest BCUT2D eigenvalue weighted by Gasteiger charge is -2.28. The summed E-state index contributed by atoms with van der Waals surface area (Å²) < 4.78 is 13.4. The van der Waals surface area contributed by atoms with Crippen molar-refractivity contribution in [3.63, 3.8) is 0 Å². The molecular weight excluding hydrogens is 251 g/mol. The summed E-state index contributed by atoms with van der Waals surface area (Å²) in [7, 11) is 0. The second kappa shape index (κ2) is 5.20. The second-order valence-electron chi connectivity index (χ2n) is 5.49. The van der Waals surface area contributed by atoms with Crippen molar-refractivity contribution in [1.82, 2.24) is 0 Å². The highest BCUT2D eigenvalue weighted by Gasteiger charge is 2.42. The Hall–Kier alpha value is -1.96. The summed E-state index contributed by atoms with van der Waals surface area (Å²) in [5.74, 6) is -0.294. The molecule has 1 fully saturated rings. The van der Waals surface area contributed by atoms with E-state index in [1.165, 1.54) is 12.1 Å². The topological polar surface area (TPSA) is 17.1 Å². The number of carbonyl (C=O) groups excluding carboxylic acids is 1. The molecule has 3 rings (SSSR count). The van der Waals surface area contributed by atoms with Crippen LogP contribution in [0.3, 0.4) is 0 Å². The van der Waals surface area contributed by atoms with Gasteiger partial charge in [-0.1, -0.05) is 55.3 Å². The van der Waals surface area contributed by atoms with Crippen molar-refractivity contribution in [2.75, 3.05) is 0 Å². The molecule has 0 heterocycles. The molecule has 0 bridgehead atoms. The van der Waals surface area contributed by atoms with E-state index < -0.39 is 5.41 Å². The molecule has 0 aromatic heterocycles. The van der Waals surface area contributed by atoms with Gasteiger partial charge in [-0.2, -0.15) is 0 Å². The third-order valence-electron chi connectivity index (χ3n) is 4.30. The number of hydrogen-bond acceptors (Lipinski definition) is 1. The van der Waals surface area contributed by atoms with Crippen LogP contribution in [0, 0.1) is 5.82 Å². The zero-order chi connectivity index (χ0) is 14.0. The van der Waals surface area contributed by atoms with Crippen LogP contribution in [0.15, 0.2) is 54.6 Å². The Morgan fingerprint density at radius 2 is 1.65 bits per heavy atom. The fourth-order valence-electron chi connectivity index (χ4n) is 3.29. The highest BCUT2D eigenvalue weighted by Crippen LogP contribution is 2.43. The molecule has 1 saturated carbocycles. The molecule has 2 aromatic rings. The van der Waals surface area contributed by atoms with E-state index in [0.29, 0.717) is 5.56 Å². The Kier molecular flexibility index (Phi) is 3.39. The van der Waals surface area contributed by atoms with E-state index in [4.69, 9.17) is 0 Å². The molecule has 2 heteroatoms. The molecule has 1 aliphatic rings. The molecule has 0 saturated heterocycles. The highest BCUT2D eigenvalue weighted by atomic mass is 19.1. The minimum atomic E-state index is -0.463. The molecule has 2 aromatic carbocycles. The maximum atomic E-state index is 13.4. The first-order valence-corrected chi connectivity index (χ1v) is 7.08. The largest absolute Gasteiger partial charge is 0.293 e. The third kappa shape index (κ3) is 2.15. The predicted octanol–water partition coefficient (Wildman–Crippen LogP) is 4.52. The Morgan fingerprint density at radius 3 is 2.30 bits per heavy atom. The van der Waals surface area contributed by atoms with Gasteiger partial charge in [0, 0.05) is 5.56 Å². The number of benzene rings is 2. The van der Waals surface area contributed by atoms with E-state index in [2.05, 4.69) is 0 Å². The maximum Gasteiger partial charge on any atom is 0.173 e. The van der Waals surface area contributed by atoms with Gasteiger partial charge in [0.25, 0.3) is 0 Å². The van der Waals surface area contributed by atoms with Gasteiger partial charge in [-0.05, 0) is 30.5 Å². The first-order chi connectivity index (χ1) is 9.72. The van der Waals surface area contributed by atoms with E-state index in [1.54, 1.807) is 12.1 Å². The van der Waals surface area contributed by atoms with Gasteiger partial charge < -0.3 is 0 Å². The molecule has 20 heavy (non-hydrogen) atoms. The summed E-state index contributed by atoms with van der Waals surface area (Å²) >= 11 is 0. The Balaban J connectivity index is 2.05. The van der Waals surface area contributed by atoms with Gasteiger partial charge in [-0.15, -0.1) is 0 Å². The van der Waals surface area contributed by atoms with E-state index in [9.17, 15) is 9.18 Å². The molecule has 0 atom stereocenters. The van der Waals surface area contributed by atoms with E-state index in [-0.39, 0.29) is 11.6 Å². The number of ketones is 1. The van der Waals surface area contributed by atoms with Crippen molar-refractivity contribution in [1.29, 1.82) is 0 Å². The number of rotatable bonds is 3. The molecule has 0 spiro atoms. The Morgan fingerprint density at radius 1 is 0.950 bits per heavy atom. The van der Waals surface area contributed by atoms with Gasteiger partial charge in [0.15, 0.2) is 5.78 Å². The monoisotopic (exact) mass is 268 g/mol. The predicted molar refractivity (Wildman–Crippen MR) is 77.3 cm³/mol. The van der Waals surface area contributed by atoms with Gasteiger partial charge in [-0.25, -0.2) is 4.39 Å². The van der Waals surface area contributed by atoms with Crippen molar-refractivity contribution in [3.8, 4) is 0 Å². The second-order valence-corrected chi connectivity index (χ2v) is 5.49. The van der Waals surface area contributed by atoms with E-state index >= 15 is 0 Å². The number of halogens is 1. The SMILES string of the molecule is O=C(c1cccc(F)c1)C1(c2ccccc2)CCCC1. The van der Waals surface area contributed by atoms with Gasteiger partial charge in [0.2, 0.25) is 0 Å². The molecule has 0 aliphatic heterocycles. The first-order valence-electron chi connectivity index (χ1n) is 7.08. The van der Waals surface area contributed by atoms with Gasteiger partial charge in [0.05, 0.1) is 5.41 Å². The van der Waals surface area contributed by atoms with Gasteiger partial charge in [-0.3, -0.25) is 4.79 Å². The smallest absolute Gasteiger partial charge is 0.173 e. The lowest BCUT2D eigenvalue weighted by Crippen LogP contribution is -2.33.